The quantitative estimate of drug-likeness (QED) is 0.119. The Morgan fingerprint density at radius 2 is 1.35 bits per heavy atom. The van der Waals surface area contributed by atoms with Gasteiger partial charge in [-0.25, -0.2) is 14.7 Å². The first kappa shape index (κ1) is 40.5. The van der Waals surface area contributed by atoms with Gasteiger partial charge in [0.25, 0.3) is 5.91 Å². The van der Waals surface area contributed by atoms with Crippen LogP contribution in [0.5, 0.6) is 0 Å². The van der Waals surface area contributed by atoms with Gasteiger partial charge in [0, 0.05) is 30.9 Å². The molecule has 51 heavy (non-hydrogen) atoms. The maximum Gasteiger partial charge on any atom is 0.407 e. The van der Waals surface area contributed by atoms with Crippen molar-refractivity contribution < 1.29 is 33.9 Å². The molecule has 0 bridgehead atoms. The summed E-state index contributed by atoms with van der Waals surface area (Å²) in [6.45, 7) is 10.8. The Labute approximate surface area is 301 Å². The molecule has 4 amide bonds. The van der Waals surface area contributed by atoms with E-state index in [4.69, 9.17) is 9.47 Å². The lowest BCUT2D eigenvalue weighted by Crippen LogP contribution is -2.56. The zero-order chi connectivity index (χ0) is 37.8. The van der Waals surface area contributed by atoms with Gasteiger partial charge in [-0.05, 0) is 65.5 Å². The van der Waals surface area contributed by atoms with Gasteiger partial charge in [-0.3, -0.25) is 19.8 Å². The molecule has 0 saturated heterocycles. The molecule has 4 N–H and O–H groups in total. The van der Waals surface area contributed by atoms with Crippen molar-refractivity contribution in [3.05, 3.63) is 90.3 Å². The molecule has 0 fully saturated rings. The van der Waals surface area contributed by atoms with Crippen LogP contribution in [0.25, 0.3) is 11.1 Å². The van der Waals surface area contributed by atoms with Gasteiger partial charge in [0.15, 0.2) is 6.10 Å². The molecule has 12 heteroatoms. The van der Waals surface area contributed by atoms with E-state index >= 15 is 0 Å². The van der Waals surface area contributed by atoms with E-state index in [9.17, 15) is 24.4 Å². The molecule has 1 aromatic heterocycles. The second-order valence-corrected chi connectivity index (χ2v) is 14.8. The first-order chi connectivity index (χ1) is 24.0. The predicted octanol–water partition coefficient (Wildman–Crippen LogP) is 5.93. The predicted molar refractivity (Wildman–Crippen MR) is 195 cm³/mol. The van der Waals surface area contributed by atoms with Gasteiger partial charge in [-0.2, -0.15) is 0 Å². The number of carbonyl (C=O) groups is 4. The Morgan fingerprint density at radius 3 is 1.90 bits per heavy atom. The van der Waals surface area contributed by atoms with E-state index in [1.54, 1.807) is 33.2 Å². The number of rotatable bonds is 14. The lowest BCUT2D eigenvalue weighted by molar-refractivity contribution is -0.191. The van der Waals surface area contributed by atoms with Crippen molar-refractivity contribution in [2.75, 3.05) is 14.2 Å². The summed E-state index contributed by atoms with van der Waals surface area (Å²) in [5.41, 5.74) is 2.41. The molecule has 276 valence electrons. The largest absolute Gasteiger partial charge is 0.453 e. The fraction of sp³-hybridized carbons (Fsp3) is 0.462. The van der Waals surface area contributed by atoms with Crippen LogP contribution in [0.15, 0.2) is 79.1 Å². The average Bonchev–Trinajstić information content (AvgIpc) is 3.10. The van der Waals surface area contributed by atoms with Crippen molar-refractivity contribution in [3.8, 4) is 11.1 Å². The molecule has 12 nitrogen and oxygen atoms in total. The third-order valence-electron chi connectivity index (χ3n) is 8.55. The Kier molecular flexibility index (Phi) is 14.5. The molecule has 4 atom stereocenters. The number of carbonyl (C=O) groups excluding carboxylic acids is 4. The minimum atomic E-state index is -1.27. The SMILES string of the molecule is CNC(=O)OC(C(=O)N(O)C(CCC(Cc1ccc(-c2ccncc2)cc1)NC(=O)C(NC(=O)OC)C(C)(C)C)Cc1ccccc1)C(C)(C)C. The fourth-order valence-electron chi connectivity index (χ4n) is 5.68. The van der Waals surface area contributed by atoms with E-state index in [1.807, 2.05) is 87.5 Å². The minimum absolute atomic E-state index is 0.276. The molecule has 0 aliphatic rings. The number of nitrogens with zero attached hydrogens (tertiary/aromatic N) is 2. The second-order valence-electron chi connectivity index (χ2n) is 14.8. The Bertz CT molecular complexity index is 1570. The third-order valence-corrected chi connectivity index (χ3v) is 8.55. The van der Waals surface area contributed by atoms with Crippen LogP contribution in [0.1, 0.15) is 65.5 Å². The van der Waals surface area contributed by atoms with Crippen molar-refractivity contribution in [3.63, 3.8) is 0 Å². The van der Waals surface area contributed by atoms with Crippen molar-refractivity contribution in [1.29, 1.82) is 0 Å². The number of ether oxygens (including phenoxy) is 2. The van der Waals surface area contributed by atoms with E-state index in [1.165, 1.54) is 14.2 Å². The van der Waals surface area contributed by atoms with Crippen molar-refractivity contribution in [2.24, 2.45) is 10.8 Å². The van der Waals surface area contributed by atoms with Crippen molar-refractivity contribution in [2.45, 2.75) is 91.5 Å². The number of nitrogens with one attached hydrogen (secondary N) is 3. The smallest absolute Gasteiger partial charge is 0.407 e. The molecule has 0 saturated carbocycles. The summed E-state index contributed by atoms with van der Waals surface area (Å²) < 4.78 is 10.2. The van der Waals surface area contributed by atoms with Crippen LogP contribution < -0.4 is 16.0 Å². The standard InChI is InChI=1S/C39H53N5O7/c1-38(2,3)32(43-37(48)50-8)34(45)42-30(24-27-14-16-28(17-15-27)29-20-22-41-23-21-29)18-19-31(25-26-12-10-9-11-13-26)44(49)35(46)33(39(4,5)6)51-36(47)40-7/h9-17,20-23,30-33,49H,18-19,24-25H2,1-8H3,(H,40,47)(H,42,45)(H,43,48). The maximum absolute atomic E-state index is 13.8. The van der Waals surface area contributed by atoms with E-state index in [2.05, 4.69) is 20.9 Å². The topological polar surface area (TPSA) is 159 Å². The summed E-state index contributed by atoms with van der Waals surface area (Å²) >= 11 is 0. The summed E-state index contributed by atoms with van der Waals surface area (Å²) in [5, 5.41) is 20.4. The maximum atomic E-state index is 13.8. The van der Waals surface area contributed by atoms with Gasteiger partial charge in [0.05, 0.1) is 13.2 Å². The van der Waals surface area contributed by atoms with Crippen LogP contribution in [0.2, 0.25) is 0 Å². The first-order valence-corrected chi connectivity index (χ1v) is 17.1. The molecule has 2 aromatic carbocycles. The van der Waals surface area contributed by atoms with E-state index in [-0.39, 0.29) is 6.42 Å². The van der Waals surface area contributed by atoms with E-state index < -0.39 is 59.1 Å². The van der Waals surface area contributed by atoms with Gasteiger partial charge in [-0.15, -0.1) is 0 Å². The van der Waals surface area contributed by atoms with Gasteiger partial charge < -0.3 is 25.4 Å². The zero-order valence-corrected chi connectivity index (χ0v) is 30.9. The summed E-state index contributed by atoms with van der Waals surface area (Å²) in [6, 6.07) is 19.2. The van der Waals surface area contributed by atoms with Crippen LogP contribution in [0.3, 0.4) is 0 Å². The molecule has 3 aromatic rings. The third kappa shape index (κ3) is 12.4. The van der Waals surface area contributed by atoms with Gasteiger partial charge in [-0.1, -0.05) is 96.1 Å². The molecule has 0 radical (unpaired) electrons. The number of aromatic nitrogens is 1. The molecule has 3 rings (SSSR count). The minimum Gasteiger partial charge on any atom is -0.453 e. The Balaban J connectivity index is 1.95. The molecule has 0 spiro atoms. The molecular weight excluding hydrogens is 650 g/mol. The number of benzene rings is 2. The fourth-order valence-corrected chi connectivity index (χ4v) is 5.68. The summed E-state index contributed by atoms with van der Waals surface area (Å²) in [5.74, 6) is -1.15. The van der Waals surface area contributed by atoms with Gasteiger partial charge in [0.1, 0.15) is 6.04 Å². The first-order valence-electron chi connectivity index (χ1n) is 17.1. The molecule has 4 unspecified atom stereocenters. The second kappa shape index (κ2) is 18.3. The number of hydrogen-bond acceptors (Lipinski definition) is 8. The molecule has 0 aliphatic heterocycles. The lowest BCUT2D eigenvalue weighted by atomic mass is 9.85. The van der Waals surface area contributed by atoms with Crippen LogP contribution in [0, 0.1) is 10.8 Å². The average molecular weight is 704 g/mol. The van der Waals surface area contributed by atoms with Crippen LogP contribution >= 0.6 is 0 Å². The molecule has 1 heterocycles. The number of hydrogen-bond donors (Lipinski definition) is 4. The number of amides is 4. The summed E-state index contributed by atoms with van der Waals surface area (Å²) in [7, 11) is 2.64. The normalized spacial score (nSPS) is 13.9. The number of methoxy groups -OCH3 is 1. The number of alkyl carbamates (subject to hydrolysis) is 2. The van der Waals surface area contributed by atoms with Gasteiger partial charge in [0.2, 0.25) is 5.91 Å². The molecule has 0 aliphatic carbocycles. The van der Waals surface area contributed by atoms with Gasteiger partial charge >= 0.3 is 12.2 Å². The van der Waals surface area contributed by atoms with Crippen molar-refractivity contribution in [1.82, 2.24) is 26.0 Å². The highest BCUT2D eigenvalue weighted by molar-refractivity contribution is 5.86. The van der Waals surface area contributed by atoms with Crippen LogP contribution in [-0.4, -0.2) is 77.6 Å². The zero-order valence-electron chi connectivity index (χ0n) is 30.9. The van der Waals surface area contributed by atoms with E-state index in [0.717, 1.165) is 22.3 Å². The van der Waals surface area contributed by atoms with E-state index in [0.29, 0.717) is 24.3 Å². The van der Waals surface area contributed by atoms with Crippen LogP contribution in [0.4, 0.5) is 9.59 Å². The van der Waals surface area contributed by atoms with Crippen molar-refractivity contribution >= 4 is 24.0 Å². The number of pyridine rings is 1. The Morgan fingerprint density at radius 1 is 0.765 bits per heavy atom. The summed E-state index contributed by atoms with van der Waals surface area (Å²) in [4.78, 5) is 56.2. The highest BCUT2D eigenvalue weighted by atomic mass is 16.6. The van der Waals surface area contributed by atoms with Crippen LogP contribution in [-0.2, 0) is 31.9 Å². The lowest BCUT2D eigenvalue weighted by Gasteiger charge is -2.35. The summed E-state index contributed by atoms with van der Waals surface area (Å²) in [6.07, 6.45) is 2.04. The number of hydroxylamine groups is 2. The highest BCUT2D eigenvalue weighted by Crippen LogP contribution is 2.27. The monoisotopic (exact) mass is 703 g/mol. The highest BCUT2D eigenvalue weighted by Gasteiger charge is 2.40. The Hall–Kier alpha value is -4.97. The molecular formula is C39H53N5O7.